The SMILES string of the molecule is COc1cc2c(cc1OC)CN(C(=O)C[NH+]1CCN(c3ncccn3)CC1)CC2. The summed E-state index contributed by atoms with van der Waals surface area (Å²) >= 11 is 0. The van der Waals surface area contributed by atoms with Crippen LogP contribution in [0.15, 0.2) is 30.6 Å². The summed E-state index contributed by atoms with van der Waals surface area (Å²) in [6, 6.07) is 5.86. The molecule has 1 aromatic heterocycles. The molecule has 0 aliphatic carbocycles. The number of benzene rings is 1. The van der Waals surface area contributed by atoms with Crippen LogP contribution < -0.4 is 19.3 Å². The summed E-state index contributed by atoms with van der Waals surface area (Å²) in [7, 11) is 3.29. The Morgan fingerprint density at radius 3 is 2.34 bits per heavy atom. The van der Waals surface area contributed by atoms with Crippen molar-refractivity contribution in [1.82, 2.24) is 14.9 Å². The smallest absolute Gasteiger partial charge is 0.278 e. The van der Waals surface area contributed by atoms with E-state index < -0.39 is 0 Å². The molecule has 1 aromatic carbocycles. The lowest BCUT2D eigenvalue weighted by atomic mass is 9.98. The maximum atomic E-state index is 12.9. The largest absolute Gasteiger partial charge is 0.493 e. The van der Waals surface area contributed by atoms with Crippen molar-refractivity contribution in [2.45, 2.75) is 13.0 Å². The first-order valence-corrected chi connectivity index (χ1v) is 10.0. The number of quaternary nitrogens is 1. The molecule has 2 aliphatic heterocycles. The van der Waals surface area contributed by atoms with Gasteiger partial charge < -0.3 is 24.2 Å². The Balaban J connectivity index is 1.33. The van der Waals surface area contributed by atoms with Gasteiger partial charge in [-0.15, -0.1) is 0 Å². The predicted octanol–water partition coefficient (Wildman–Crippen LogP) is -0.216. The lowest BCUT2D eigenvalue weighted by Gasteiger charge is -2.34. The number of rotatable bonds is 5. The molecule has 8 heteroatoms. The second-order valence-corrected chi connectivity index (χ2v) is 7.50. The van der Waals surface area contributed by atoms with Gasteiger partial charge in [-0.1, -0.05) is 0 Å². The van der Waals surface area contributed by atoms with Crippen LogP contribution >= 0.6 is 0 Å². The zero-order chi connectivity index (χ0) is 20.2. The van der Waals surface area contributed by atoms with Crippen molar-refractivity contribution in [3.8, 4) is 11.5 Å². The predicted molar refractivity (Wildman–Crippen MR) is 108 cm³/mol. The van der Waals surface area contributed by atoms with E-state index in [-0.39, 0.29) is 5.91 Å². The number of nitrogens with zero attached hydrogens (tertiary/aromatic N) is 4. The second-order valence-electron chi connectivity index (χ2n) is 7.50. The highest BCUT2D eigenvalue weighted by Gasteiger charge is 2.28. The fraction of sp³-hybridized carbons (Fsp3) is 0.476. The van der Waals surface area contributed by atoms with Crippen LogP contribution in [0.1, 0.15) is 11.1 Å². The van der Waals surface area contributed by atoms with Gasteiger partial charge in [0.25, 0.3) is 5.91 Å². The minimum atomic E-state index is 0.213. The maximum absolute atomic E-state index is 12.9. The number of hydrogen-bond acceptors (Lipinski definition) is 6. The van der Waals surface area contributed by atoms with Crippen LogP contribution in [-0.4, -0.2) is 74.3 Å². The highest BCUT2D eigenvalue weighted by atomic mass is 16.5. The Kier molecular flexibility index (Phi) is 5.80. The Labute approximate surface area is 171 Å². The van der Waals surface area contributed by atoms with Crippen molar-refractivity contribution in [3.63, 3.8) is 0 Å². The highest BCUT2D eigenvalue weighted by molar-refractivity contribution is 5.77. The molecule has 1 N–H and O–H groups in total. The fourth-order valence-electron chi connectivity index (χ4n) is 4.08. The lowest BCUT2D eigenvalue weighted by Crippen LogP contribution is -3.16. The van der Waals surface area contributed by atoms with Gasteiger partial charge in [0.15, 0.2) is 18.0 Å². The molecule has 0 radical (unpaired) electrons. The third kappa shape index (κ3) is 4.27. The Morgan fingerprint density at radius 1 is 1.03 bits per heavy atom. The number of amides is 1. The van der Waals surface area contributed by atoms with Crippen molar-refractivity contribution in [2.75, 3.05) is 58.4 Å². The molecule has 4 rings (SSSR count). The molecule has 2 aromatic rings. The number of carbonyl (C=O) groups excluding carboxylic acids is 1. The van der Waals surface area contributed by atoms with E-state index in [0.717, 1.165) is 56.4 Å². The van der Waals surface area contributed by atoms with E-state index in [9.17, 15) is 4.79 Å². The van der Waals surface area contributed by atoms with Crippen molar-refractivity contribution in [2.24, 2.45) is 0 Å². The quantitative estimate of drug-likeness (QED) is 0.751. The van der Waals surface area contributed by atoms with Crippen LogP contribution in [0.5, 0.6) is 11.5 Å². The molecule has 154 valence electrons. The van der Waals surface area contributed by atoms with Gasteiger partial charge in [-0.05, 0) is 35.7 Å². The van der Waals surface area contributed by atoms with Gasteiger partial charge in [0.1, 0.15) is 0 Å². The van der Waals surface area contributed by atoms with Crippen molar-refractivity contribution in [3.05, 3.63) is 41.7 Å². The molecule has 3 heterocycles. The number of fused-ring (bicyclic) bond motifs is 1. The molecule has 1 fully saturated rings. The summed E-state index contributed by atoms with van der Waals surface area (Å²) in [6.07, 6.45) is 4.38. The van der Waals surface area contributed by atoms with Gasteiger partial charge in [0.05, 0.1) is 40.4 Å². The highest BCUT2D eigenvalue weighted by Crippen LogP contribution is 2.33. The lowest BCUT2D eigenvalue weighted by molar-refractivity contribution is -0.892. The summed E-state index contributed by atoms with van der Waals surface area (Å²) in [5.41, 5.74) is 2.37. The van der Waals surface area contributed by atoms with E-state index in [0.29, 0.717) is 18.8 Å². The van der Waals surface area contributed by atoms with E-state index in [2.05, 4.69) is 14.9 Å². The second kappa shape index (κ2) is 8.65. The van der Waals surface area contributed by atoms with Crippen molar-refractivity contribution in [1.29, 1.82) is 0 Å². The van der Waals surface area contributed by atoms with Crippen LogP contribution in [0.25, 0.3) is 0 Å². The molecule has 8 nitrogen and oxygen atoms in total. The third-order valence-electron chi connectivity index (χ3n) is 5.78. The molecule has 1 amide bonds. The molecule has 0 unspecified atom stereocenters. The van der Waals surface area contributed by atoms with Crippen LogP contribution in [0.4, 0.5) is 5.95 Å². The molecular weight excluding hydrogens is 370 g/mol. The molecule has 2 aliphatic rings. The monoisotopic (exact) mass is 398 g/mol. The van der Waals surface area contributed by atoms with Crippen LogP contribution in [0.2, 0.25) is 0 Å². The number of methoxy groups -OCH3 is 2. The van der Waals surface area contributed by atoms with Gasteiger partial charge >= 0.3 is 0 Å². The molecule has 0 spiro atoms. The van der Waals surface area contributed by atoms with Crippen LogP contribution in [-0.2, 0) is 17.8 Å². The molecule has 29 heavy (non-hydrogen) atoms. The summed E-state index contributed by atoms with van der Waals surface area (Å²) in [5, 5.41) is 0. The summed E-state index contributed by atoms with van der Waals surface area (Å²) < 4.78 is 10.8. The Bertz CT molecular complexity index is 853. The van der Waals surface area contributed by atoms with Crippen molar-refractivity contribution < 1.29 is 19.2 Å². The summed E-state index contributed by atoms with van der Waals surface area (Å²) in [6.45, 7) is 5.48. The van der Waals surface area contributed by atoms with E-state index in [1.165, 1.54) is 10.5 Å². The number of aromatic nitrogens is 2. The first kappa shape index (κ1) is 19.4. The van der Waals surface area contributed by atoms with Gasteiger partial charge in [-0.25, -0.2) is 9.97 Å². The van der Waals surface area contributed by atoms with Gasteiger partial charge in [-0.3, -0.25) is 4.79 Å². The van der Waals surface area contributed by atoms with Gasteiger partial charge in [0.2, 0.25) is 5.95 Å². The molecule has 1 saturated heterocycles. The number of nitrogens with one attached hydrogen (secondary N) is 1. The average Bonchev–Trinajstić information content (AvgIpc) is 2.78. The number of hydrogen-bond donors (Lipinski definition) is 1. The number of anilines is 1. The van der Waals surface area contributed by atoms with E-state index in [1.54, 1.807) is 26.6 Å². The molecule has 0 atom stereocenters. The number of ether oxygens (including phenoxy) is 2. The third-order valence-corrected chi connectivity index (χ3v) is 5.78. The zero-order valence-electron chi connectivity index (χ0n) is 17.1. The van der Waals surface area contributed by atoms with Gasteiger partial charge in [-0.2, -0.15) is 0 Å². The van der Waals surface area contributed by atoms with E-state index in [4.69, 9.17) is 9.47 Å². The Hall–Kier alpha value is -2.87. The van der Waals surface area contributed by atoms with Crippen molar-refractivity contribution >= 4 is 11.9 Å². The van der Waals surface area contributed by atoms with Gasteiger partial charge in [0, 0.05) is 25.5 Å². The Morgan fingerprint density at radius 2 is 1.69 bits per heavy atom. The van der Waals surface area contributed by atoms with Crippen LogP contribution in [0.3, 0.4) is 0 Å². The summed E-state index contributed by atoms with van der Waals surface area (Å²) in [4.78, 5) is 27.0. The van der Waals surface area contributed by atoms with E-state index in [1.807, 2.05) is 23.1 Å². The normalized spacial score (nSPS) is 17.0. The molecule has 0 bridgehead atoms. The van der Waals surface area contributed by atoms with Crippen LogP contribution in [0, 0.1) is 0 Å². The number of piperazine rings is 1. The minimum absolute atomic E-state index is 0.213. The molecule has 0 saturated carbocycles. The average molecular weight is 398 g/mol. The standard InChI is InChI=1S/C21H27N5O3/c1-28-18-12-16-4-7-26(14-17(16)13-19(18)29-2)20(27)15-24-8-10-25(11-9-24)21-22-5-3-6-23-21/h3,5-6,12-13H,4,7-11,14-15H2,1-2H3/p+1. The topological polar surface area (TPSA) is 72.2 Å². The molecular formula is C21H28N5O3+. The first-order valence-electron chi connectivity index (χ1n) is 10.0. The maximum Gasteiger partial charge on any atom is 0.278 e. The van der Waals surface area contributed by atoms with E-state index >= 15 is 0 Å². The fourth-order valence-corrected chi connectivity index (χ4v) is 4.08. The minimum Gasteiger partial charge on any atom is -0.493 e. The summed E-state index contributed by atoms with van der Waals surface area (Å²) in [5.74, 6) is 2.45. The zero-order valence-corrected chi connectivity index (χ0v) is 17.1. The first-order chi connectivity index (χ1) is 14.2. The number of carbonyl (C=O) groups is 1.